The van der Waals surface area contributed by atoms with Crippen molar-refractivity contribution in [1.82, 2.24) is 15.2 Å². The summed E-state index contributed by atoms with van der Waals surface area (Å²) in [7, 11) is 0. The fourth-order valence-electron chi connectivity index (χ4n) is 2.72. The predicted octanol–water partition coefficient (Wildman–Crippen LogP) is 1.04. The third kappa shape index (κ3) is 5.44. The largest absolute Gasteiger partial charge is 0.369 e. The van der Waals surface area contributed by atoms with Gasteiger partial charge < -0.3 is 4.90 Å². The van der Waals surface area contributed by atoms with Gasteiger partial charge in [0.1, 0.15) is 0 Å². The molecule has 1 aliphatic rings. The van der Waals surface area contributed by atoms with E-state index in [0.717, 1.165) is 52.0 Å². The molecule has 1 aromatic rings. The molecule has 1 aliphatic heterocycles. The lowest BCUT2D eigenvalue weighted by Gasteiger charge is -2.36. The summed E-state index contributed by atoms with van der Waals surface area (Å²) < 4.78 is 0. The Labute approximate surface area is 131 Å². The van der Waals surface area contributed by atoms with Crippen LogP contribution in [0.5, 0.6) is 0 Å². The van der Waals surface area contributed by atoms with Gasteiger partial charge in [-0.2, -0.15) is 0 Å². The molecule has 0 unspecified atom stereocenters. The molecule has 6 heteroatoms. The van der Waals surface area contributed by atoms with E-state index in [9.17, 15) is 9.59 Å². The Balaban J connectivity index is 1.56. The maximum Gasteiger partial charge on any atom is 0.226 e. The fraction of sp³-hybridized carbons (Fsp3) is 0.562. The van der Waals surface area contributed by atoms with Crippen LogP contribution in [-0.4, -0.2) is 54.9 Å². The van der Waals surface area contributed by atoms with Crippen molar-refractivity contribution >= 4 is 18.0 Å². The summed E-state index contributed by atoms with van der Waals surface area (Å²) >= 11 is 0. The molecular weight excluding hydrogens is 280 g/mol. The highest BCUT2D eigenvalue weighted by Gasteiger charge is 2.16. The van der Waals surface area contributed by atoms with Crippen molar-refractivity contribution in [1.29, 1.82) is 0 Å². The van der Waals surface area contributed by atoms with Crippen molar-refractivity contribution in [2.75, 3.05) is 37.6 Å². The van der Waals surface area contributed by atoms with E-state index in [1.807, 2.05) is 12.4 Å². The molecule has 1 N–H and O–H groups in total. The molecule has 6 nitrogen and oxygen atoms in total. The van der Waals surface area contributed by atoms with Gasteiger partial charge in [-0.25, -0.2) is 0 Å². The first-order chi connectivity index (χ1) is 10.8. The van der Waals surface area contributed by atoms with Gasteiger partial charge in [0, 0.05) is 50.7 Å². The van der Waals surface area contributed by atoms with E-state index >= 15 is 0 Å². The second-order valence-corrected chi connectivity index (χ2v) is 5.53. The van der Waals surface area contributed by atoms with E-state index in [2.05, 4.69) is 32.2 Å². The van der Waals surface area contributed by atoms with E-state index in [-0.39, 0.29) is 5.91 Å². The number of rotatable bonds is 8. The smallest absolute Gasteiger partial charge is 0.226 e. The minimum absolute atomic E-state index is 0.180. The van der Waals surface area contributed by atoms with E-state index in [1.54, 1.807) is 0 Å². The van der Waals surface area contributed by atoms with Crippen LogP contribution >= 0.6 is 0 Å². The number of anilines is 1. The molecule has 1 aromatic heterocycles. The van der Waals surface area contributed by atoms with Crippen molar-refractivity contribution in [3.63, 3.8) is 0 Å². The summed E-state index contributed by atoms with van der Waals surface area (Å²) in [5.41, 5.74) is 1.25. The number of piperazine rings is 1. The minimum atomic E-state index is -0.180. The SMILES string of the molecule is O=CNC(=O)CCCCCN1CCN(c2ccncc2)CC1. The molecule has 0 atom stereocenters. The number of amides is 2. The molecule has 0 aromatic carbocycles. The maximum atomic E-state index is 11.1. The second-order valence-electron chi connectivity index (χ2n) is 5.53. The summed E-state index contributed by atoms with van der Waals surface area (Å²) in [5, 5.41) is 2.17. The zero-order valence-electron chi connectivity index (χ0n) is 12.9. The van der Waals surface area contributed by atoms with Crippen LogP contribution in [0.25, 0.3) is 0 Å². The summed E-state index contributed by atoms with van der Waals surface area (Å²) in [6, 6.07) is 4.11. The molecule has 0 radical (unpaired) electrons. The summed E-state index contributed by atoms with van der Waals surface area (Å²) in [4.78, 5) is 30.1. The van der Waals surface area contributed by atoms with Crippen LogP contribution in [-0.2, 0) is 9.59 Å². The van der Waals surface area contributed by atoms with Crippen LogP contribution in [0.4, 0.5) is 5.69 Å². The molecule has 1 saturated heterocycles. The summed E-state index contributed by atoms with van der Waals surface area (Å²) in [6.07, 6.45) is 7.53. The zero-order valence-corrected chi connectivity index (χ0v) is 12.9. The number of hydrogen-bond donors (Lipinski definition) is 1. The van der Waals surface area contributed by atoms with Gasteiger partial charge >= 0.3 is 0 Å². The number of hydrogen-bond acceptors (Lipinski definition) is 5. The van der Waals surface area contributed by atoms with Crippen molar-refractivity contribution in [2.45, 2.75) is 25.7 Å². The van der Waals surface area contributed by atoms with Gasteiger partial charge in [-0.3, -0.25) is 24.8 Å². The lowest BCUT2D eigenvalue weighted by Crippen LogP contribution is -2.46. The van der Waals surface area contributed by atoms with Crippen LogP contribution in [0.1, 0.15) is 25.7 Å². The van der Waals surface area contributed by atoms with Gasteiger partial charge in [-0.05, 0) is 31.5 Å². The van der Waals surface area contributed by atoms with Gasteiger partial charge in [-0.1, -0.05) is 6.42 Å². The Morgan fingerprint density at radius 1 is 1.14 bits per heavy atom. The first-order valence-electron chi connectivity index (χ1n) is 7.90. The number of carbonyl (C=O) groups is 2. The van der Waals surface area contributed by atoms with Crippen LogP contribution in [0.2, 0.25) is 0 Å². The third-order valence-corrected chi connectivity index (χ3v) is 4.00. The van der Waals surface area contributed by atoms with Crippen LogP contribution in [0, 0.1) is 0 Å². The van der Waals surface area contributed by atoms with Crippen molar-refractivity contribution in [2.24, 2.45) is 0 Å². The van der Waals surface area contributed by atoms with E-state index < -0.39 is 0 Å². The molecule has 0 aliphatic carbocycles. The number of pyridine rings is 1. The second kappa shape index (κ2) is 9.15. The number of imide groups is 1. The number of unbranched alkanes of at least 4 members (excludes halogenated alkanes) is 2. The quantitative estimate of drug-likeness (QED) is 0.574. The number of carbonyl (C=O) groups excluding carboxylic acids is 2. The van der Waals surface area contributed by atoms with Gasteiger partial charge in [0.25, 0.3) is 0 Å². The molecular formula is C16H24N4O2. The van der Waals surface area contributed by atoms with Crippen LogP contribution in [0.3, 0.4) is 0 Å². The Kier molecular flexibility index (Phi) is 6.83. The molecule has 2 amide bonds. The van der Waals surface area contributed by atoms with E-state index in [0.29, 0.717) is 12.8 Å². The maximum absolute atomic E-state index is 11.1. The van der Waals surface area contributed by atoms with Crippen molar-refractivity contribution < 1.29 is 9.59 Å². The summed E-state index contributed by atoms with van der Waals surface area (Å²) in [6.45, 7) is 5.33. The first-order valence-corrected chi connectivity index (χ1v) is 7.90. The molecule has 1 fully saturated rings. The normalized spacial score (nSPS) is 15.5. The molecule has 2 heterocycles. The van der Waals surface area contributed by atoms with Gasteiger partial charge in [-0.15, -0.1) is 0 Å². The number of aromatic nitrogens is 1. The Bertz CT molecular complexity index is 458. The molecule has 0 saturated carbocycles. The average molecular weight is 304 g/mol. The van der Waals surface area contributed by atoms with Gasteiger partial charge in [0.05, 0.1) is 0 Å². The molecule has 120 valence electrons. The van der Waals surface area contributed by atoms with Crippen LogP contribution in [0.15, 0.2) is 24.5 Å². The molecule has 2 rings (SSSR count). The number of nitrogens with zero attached hydrogens (tertiary/aromatic N) is 3. The monoisotopic (exact) mass is 304 g/mol. The molecule has 22 heavy (non-hydrogen) atoms. The van der Waals surface area contributed by atoms with E-state index in [4.69, 9.17) is 0 Å². The highest BCUT2D eigenvalue weighted by Crippen LogP contribution is 2.15. The third-order valence-electron chi connectivity index (χ3n) is 4.00. The standard InChI is InChI=1S/C16H24N4O2/c21-14-18-16(22)4-2-1-3-9-19-10-12-20(13-11-19)15-5-7-17-8-6-15/h5-8,14H,1-4,9-13H2,(H,18,21,22). The van der Waals surface area contributed by atoms with Gasteiger partial charge in [0.2, 0.25) is 12.3 Å². The van der Waals surface area contributed by atoms with Crippen molar-refractivity contribution in [3.05, 3.63) is 24.5 Å². The Hall–Kier alpha value is -1.95. The predicted molar refractivity (Wildman–Crippen MR) is 85.6 cm³/mol. The highest BCUT2D eigenvalue weighted by molar-refractivity contribution is 5.85. The molecule has 0 bridgehead atoms. The Morgan fingerprint density at radius 3 is 2.55 bits per heavy atom. The fourth-order valence-corrected chi connectivity index (χ4v) is 2.72. The first kappa shape index (κ1) is 16.4. The Morgan fingerprint density at radius 2 is 1.86 bits per heavy atom. The minimum Gasteiger partial charge on any atom is -0.369 e. The summed E-state index contributed by atoms with van der Waals surface area (Å²) in [5.74, 6) is -0.180. The molecule has 0 spiro atoms. The van der Waals surface area contributed by atoms with Crippen molar-refractivity contribution in [3.8, 4) is 0 Å². The van der Waals surface area contributed by atoms with Crippen LogP contribution < -0.4 is 10.2 Å². The topological polar surface area (TPSA) is 65.5 Å². The lowest BCUT2D eigenvalue weighted by molar-refractivity contribution is -0.125. The average Bonchev–Trinajstić information content (AvgIpc) is 2.56. The zero-order chi connectivity index (χ0) is 15.6. The highest BCUT2D eigenvalue weighted by atomic mass is 16.2. The number of nitrogens with one attached hydrogen (secondary N) is 1. The van der Waals surface area contributed by atoms with E-state index in [1.165, 1.54) is 5.69 Å². The van der Waals surface area contributed by atoms with Gasteiger partial charge in [0.15, 0.2) is 0 Å². The lowest BCUT2D eigenvalue weighted by atomic mass is 10.1.